The number of unbranched alkanes of at least 4 members (excludes halogenated alkanes) is 1. The maximum atomic E-state index is 13.2. The van der Waals surface area contributed by atoms with Crippen LogP contribution in [-0.4, -0.2) is 53.1 Å². The number of aromatic nitrogens is 6. The van der Waals surface area contributed by atoms with Gasteiger partial charge in [-0.2, -0.15) is 4.68 Å². The van der Waals surface area contributed by atoms with Gasteiger partial charge >= 0.3 is 5.69 Å². The number of anilines is 2. The van der Waals surface area contributed by atoms with Gasteiger partial charge in [0.05, 0.1) is 11.4 Å². The Kier molecular flexibility index (Phi) is 7.87. The van der Waals surface area contributed by atoms with Crippen LogP contribution in [0.3, 0.4) is 0 Å². The van der Waals surface area contributed by atoms with Gasteiger partial charge in [0.25, 0.3) is 5.56 Å². The van der Waals surface area contributed by atoms with Crippen molar-refractivity contribution in [3.05, 3.63) is 45.1 Å². The molecule has 0 aliphatic rings. The minimum Gasteiger partial charge on any atom is -0.508 e. The number of rotatable bonds is 10. The van der Waals surface area contributed by atoms with Crippen LogP contribution in [0.4, 0.5) is 11.5 Å². The third-order valence-electron chi connectivity index (χ3n) is 4.83. The number of benzene rings is 1. The van der Waals surface area contributed by atoms with Crippen molar-refractivity contribution in [2.75, 3.05) is 22.9 Å². The van der Waals surface area contributed by atoms with Crippen LogP contribution in [0.15, 0.2) is 39.0 Å². The van der Waals surface area contributed by atoms with E-state index in [4.69, 9.17) is 5.73 Å². The van der Waals surface area contributed by atoms with Crippen LogP contribution >= 0.6 is 11.8 Å². The summed E-state index contributed by atoms with van der Waals surface area (Å²) >= 11 is 1.10. The number of H-pyrrole nitrogens is 1. The number of nitrogens with zero attached hydrogens (tertiary/aromatic N) is 6. The molecule has 12 nitrogen and oxygen atoms in total. The number of carbonyl (C=O) groups excluding carboxylic acids is 1. The smallest absolute Gasteiger partial charge is 0.330 e. The lowest BCUT2D eigenvalue weighted by molar-refractivity contribution is -0.116. The zero-order chi connectivity index (χ0) is 24.0. The standard InChI is InChI=1S/C20H26N8O4S/c1-3-5-11-26(16-17(21)27(10-4-2)19(32)22-18(16)31)15(30)12-33-20-23-24-25-28(20)13-6-8-14(29)9-7-13/h6-9,29H,3-5,10-12,21H2,1-2H3,(H,22,31,32). The van der Waals surface area contributed by atoms with Crippen LogP contribution in [0.5, 0.6) is 5.75 Å². The summed E-state index contributed by atoms with van der Waals surface area (Å²) in [6.45, 7) is 4.44. The van der Waals surface area contributed by atoms with Crippen molar-refractivity contribution in [2.45, 2.75) is 44.8 Å². The molecule has 3 rings (SSSR count). The summed E-state index contributed by atoms with van der Waals surface area (Å²) < 4.78 is 2.71. The van der Waals surface area contributed by atoms with E-state index in [1.165, 1.54) is 26.3 Å². The lowest BCUT2D eigenvalue weighted by atomic mass is 10.2. The van der Waals surface area contributed by atoms with E-state index in [0.717, 1.165) is 18.2 Å². The molecule has 0 radical (unpaired) electrons. The zero-order valence-electron chi connectivity index (χ0n) is 18.4. The first kappa shape index (κ1) is 24.0. The number of hydrogen-bond donors (Lipinski definition) is 3. The van der Waals surface area contributed by atoms with E-state index in [2.05, 4.69) is 20.5 Å². The van der Waals surface area contributed by atoms with Gasteiger partial charge in [0, 0.05) is 13.1 Å². The summed E-state index contributed by atoms with van der Waals surface area (Å²) in [5.41, 5.74) is 5.45. The Morgan fingerprint density at radius 2 is 1.94 bits per heavy atom. The largest absolute Gasteiger partial charge is 0.508 e. The maximum absolute atomic E-state index is 13.2. The summed E-state index contributed by atoms with van der Waals surface area (Å²) in [4.78, 5) is 41.6. The zero-order valence-corrected chi connectivity index (χ0v) is 19.2. The Morgan fingerprint density at radius 3 is 2.61 bits per heavy atom. The fourth-order valence-corrected chi connectivity index (χ4v) is 3.96. The lowest BCUT2D eigenvalue weighted by Crippen LogP contribution is -2.42. The van der Waals surface area contributed by atoms with E-state index in [1.807, 2.05) is 13.8 Å². The third kappa shape index (κ3) is 5.42. The number of aromatic amines is 1. The Labute approximate surface area is 193 Å². The van der Waals surface area contributed by atoms with Crippen LogP contribution in [0.2, 0.25) is 0 Å². The highest BCUT2D eigenvalue weighted by molar-refractivity contribution is 7.99. The number of amides is 1. The minimum atomic E-state index is -0.701. The molecule has 4 N–H and O–H groups in total. The number of thioether (sulfide) groups is 1. The van der Waals surface area contributed by atoms with Crippen LogP contribution in [0.1, 0.15) is 33.1 Å². The summed E-state index contributed by atoms with van der Waals surface area (Å²) in [5.74, 6) is -0.356. The highest BCUT2D eigenvalue weighted by atomic mass is 32.2. The second kappa shape index (κ2) is 10.8. The first-order chi connectivity index (χ1) is 15.9. The second-order valence-electron chi connectivity index (χ2n) is 7.22. The van der Waals surface area contributed by atoms with Gasteiger partial charge in [-0.25, -0.2) is 4.79 Å². The van der Waals surface area contributed by atoms with Crippen LogP contribution in [0, 0.1) is 0 Å². The van der Waals surface area contributed by atoms with E-state index < -0.39 is 11.2 Å². The fraction of sp³-hybridized carbons (Fsp3) is 0.400. The molecule has 0 spiro atoms. The molecule has 33 heavy (non-hydrogen) atoms. The molecule has 0 fully saturated rings. The van der Waals surface area contributed by atoms with Gasteiger partial charge in [-0.3, -0.25) is 19.1 Å². The van der Waals surface area contributed by atoms with Crippen molar-refractivity contribution < 1.29 is 9.90 Å². The predicted octanol–water partition coefficient (Wildman–Crippen LogP) is 1.14. The van der Waals surface area contributed by atoms with Crippen molar-refractivity contribution in [3.8, 4) is 11.4 Å². The van der Waals surface area contributed by atoms with Crippen LogP contribution < -0.4 is 21.9 Å². The van der Waals surface area contributed by atoms with Gasteiger partial charge in [-0.05, 0) is 47.5 Å². The molecule has 0 atom stereocenters. The first-order valence-corrected chi connectivity index (χ1v) is 11.5. The molecule has 3 aromatic rings. The number of tetrazole rings is 1. The molecule has 0 aliphatic heterocycles. The highest BCUT2D eigenvalue weighted by Crippen LogP contribution is 2.23. The van der Waals surface area contributed by atoms with Crippen molar-refractivity contribution in [1.29, 1.82) is 0 Å². The average molecular weight is 475 g/mol. The lowest BCUT2D eigenvalue weighted by Gasteiger charge is -2.24. The van der Waals surface area contributed by atoms with Gasteiger partial charge in [0.2, 0.25) is 11.1 Å². The van der Waals surface area contributed by atoms with Crippen molar-refractivity contribution in [1.82, 2.24) is 29.8 Å². The Hall–Kier alpha value is -3.61. The summed E-state index contributed by atoms with van der Waals surface area (Å²) in [6.07, 6.45) is 2.07. The number of carbonyl (C=O) groups is 1. The van der Waals surface area contributed by atoms with E-state index in [9.17, 15) is 19.5 Å². The number of aromatic hydroxyl groups is 1. The molecule has 13 heteroatoms. The van der Waals surface area contributed by atoms with E-state index in [0.29, 0.717) is 30.2 Å². The van der Waals surface area contributed by atoms with Crippen molar-refractivity contribution >= 4 is 29.2 Å². The molecule has 2 aromatic heterocycles. The molecular weight excluding hydrogens is 448 g/mol. The van der Waals surface area contributed by atoms with Gasteiger partial charge < -0.3 is 15.7 Å². The summed E-state index contributed by atoms with van der Waals surface area (Å²) in [7, 11) is 0. The topological polar surface area (TPSA) is 165 Å². The van der Waals surface area contributed by atoms with Crippen molar-refractivity contribution in [2.24, 2.45) is 0 Å². The molecule has 0 aliphatic carbocycles. The normalized spacial score (nSPS) is 11.0. The Bertz CT molecular complexity index is 1220. The Morgan fingerprint density at radius 1 is 1.21 bits per heavy atom. The SMILES string of the molecule is CCCCN(C(=O)CSc1nnnn1-c1ccc(O)cc1)c1c(N)n(CCC)c(=O)[nH]c1=O. The molecule has 0 saturated carbocycles. The number of phenolic OH excluding ortho intramolecular Hbond substituents is 1. The molecule has 1 aromatic carbocycles. The van der Waals surface area contributed by atoms with Gasteiger partial charge in [0.15, 0.2) is 5.69 Å². The summed E-state index contributed by atoms with van der Waals surface area (Å²) in [5, 5.41) is 21.4. The molecule has 2 heterocycles. The molecule has 0 unspecified atom stereocenters. The second-order valence-corrected chi connectivity index (χ2v) is 8.16. The van der Waals surface area contributed by atoms with E-state index >= 15 is 0 Å². The van der Waals surface area contributed by atoms with Crippen molar-refractivity contribution in [3.63, 3.8) is 0 Å². The quantitative estimate of drug-likeness (QED) is 0.365. The van der Waals surface area contributed by atoms with E-state index in [1.54, 1.807) is 12.1 Å². The van der Waals surface area contributed by atoms with Crippen LogP contribution in [0.25, 0.3) is 5.69 Å². The monoisotopic (exact) mass is 474 g/mol. The third-order valence-corrected chi connectivity index (χ3v) is 5.73. The van der Waals surface area contributed by atoms with Gasteiger partial charge in [-0.15, -0.1) is 5.10 Å². The number of nitrogens with one attached hydrogen (secondary N) is 1. The fourth-order valence-electron chi connectivity index (χ4n) is 3.19. The first-order valence-electron chi connectivity index (χ1n) is 10.5. The number of hydrogen-bond acceptors (Lipinski definition) is 9. The molecular formula is C20H26N8O4S. The molecule has 176 valence electrons. The molecule has 0 saturated heterocycles. The predicted molar refractivity (Wildman–Crippen MR) is 125 cm³/mol. The molecule has 1 amide bonds. The molecule has 0 bridgehead atoms. The Balaban J connectivity index is 1.87. The number of nitrogen functional groups attached to an aromatic ring is 1. The highest BCUT2D eigenvalue weighted by Gasteiger charge is 2.24. The maximum Gasteiger partial charge on any atom is 0.330 e. The van der Waals surface area contributed by atoms with Gasteiger partial charge in [0.1, 0.15) is 11.6 Å². The summed E-state index contributed by atoms with van der Waals surface area (Å²) in [6, 6.07) is 6.29. The average Bonchev–Trinajstić information content (AvgIpc) is 3.26. The minimum absolute atomic E-state index is 0.0276. The van der Waals surface area contributed by atoms with Gasteiger partial charge in [-0.1, -0.05) is 32.0 Å². The van der Waals surface area contributed by atoms with Crippen LogP contribution in [-0.2, 0) is 11.3 Å². The van der Waals surface area contributed by atoms with E-state index in [-0.39, 0.29) is 35.5 Å². The number of nitrogens with two attached hydrogens (primary N) is 1. The number of phenols is 1.